The molecule has 70 valence electrons. The van der Waals surface area contributed by atoms with Crippen LogP contribution >= 0.6 is 0 Å². The summed E-state index contributed by atoms with van der Waals surface area (Å²) in [6.07, 6.45) is 0. The predicted octanol–water partition coefficient (Wildman–Crippen LogP) is 1.11. The van der Waals surface area contributed by atoms with Gasteiger partial charge in [0.1, 0.15) is 5.78 Å². The highest BCUT2D eigenvalue weighted by Crippen LogP contribution is 2.38. The van der Waals surface area contributed by atoms with Crippen LogP contribution in [-0.4, -0.2) is 11.7 Å². The molecule has 0 spiro atoms. The van der Waals surface area contributed by atoms with Gasteiger partial charge in [-0.15, -0.1) is 0 Å². The molecule has 0 atom stereocenters. The van der Waals surface area contributed by atoms with Crippen LogP contribution in [0, 0.1) is 10.8 Å². The number of hydrogen-bond acceptors (Lipinski definition) is 2. The summed E-state index contributed by atoms with van der Waals surface area (Å²) in [6, 6.07) is 0. The molecule has 0 bridgehead atoms. The fraction of sp³-hybridized carbons (Fsp3) is 0.778. The molecule has 0 fully saturated rings. The van der Waals surface area contributed by atoms with Gasteiger partial charge in [0, 0.05) is 5.41 Å². The van der Waals surface area contributed by atoms with Gasteiger partial charge < -0.3 is 5.73 Å². The predicted molar refractivity (Wildman–Crippen MR) is 47.4 cm³/mol. The van der Waals surface area contributed by atoms with Gasteiger partial charge in [0.25, 0.3) is 0 Å². The topological polar surface area (TPSA) is 60.2 Å². The van der Waals surface area contributed by atoms with Gasteiger partial charge >= 0.3 is 0 Å². The van der Waals surface area contributed by atoms with Gasteiger partial charge in [-0.05, 0) is 6.92 Å². The van der Waals surface area contributed by atoms with Crippen LogP contribution in [-0.2, 0) is 9.59 Å². The lowest BCUT2D eigenvalue weighted by Crippen LogP contribution is -2.47. The number of rotatable bonds is 3. The summed E-state index contributed by atoms with van der Waals surface area (Å²) in [5.74, 6) is -0.464. The Morgan fingerprint density at radius 1 is 1.00 bits per heavy atom. The molecule has 2 N–H and O–H groups in total. The van der Waals surface area contributed by atoms with Gasteiger partial charge in [-0.1, -0.05) is 27.7 Å². The molecular weight excluding hydrogens is 154 g/mol. The third-order valence-corrected chi connectivity index (χ3v) is 3.06. The molecule has 12 heavy (non-hydrogen) atoms. The molecule has 0 aromatic rings. The van der Waals surface area contributed by atoms with Crippen molar-refractivity contribution in [1.82, 2.24) is 0 Å². The average Bonchev–Trinajstić information content (AvgIpc) is 1.86. The van der Waals surface area contributed by atoms with Gasteiger partial charge in [-0.3, -0.25) is 9.59 Å². The number of primary amides is 1. The van der Waals surface area contributed by atoms with Crippen molar-refractivity contribution in [3.63, 3.8) is 0 Å². The van der Waals surface area contributed by atoms with Crippen LogP contribution in [0.25, 0.3) is 0 Å². The van der Waals surface area contributed by atoms with E-state index in [0.29, 0.717) is 0 Å². The molecule has 0 aliphatic rings. The summed E-state index contributed by atoms with van der Waals surface area (Å²) in [5.41, 5.74) is 3.71. The van der Waals surface area contributed by atoms with E-state index in [1.165, 1.54) is 6.92 Å². The number of amides is 1. The van der Waals surface area contributed by atoms with Crippen molar-refractivity contribution in [1.29, 1.82) is 0 Å². The molecule has 0 aromatic carbocycles. The summed E-state index contributed by atoms with van der Waals surface area (Å²) >= 11 is 0. The van der Waals surface area contributed by atoms with Gasteiger partial charge in [0.2, 0.25) is 5.91 Å². The molecule has 0 saturated heterocycles. The Bertz CT molecular complexity index is 193. The molecule has 3 nitrogen and oxygen atoms in total. The molecule has 3 heteroatoms. The van der Waals surface area contributed by atoms with E-state index in [0.717, 1.165) is 0 Å². The van der Waals surface area contributed by atoms with Crippen molar-refractivity contribution in [3.05, 3.63) is 0 Å². The third kappa shape index (κ3) is 1.49. The number of nitrogens with two attached hydrogens (primary N) is 1. The van der Waals surface area contributed by atoms with E-state index in [1.807, 2.05) is 0 Å². The average molecular weight is 171 g/mol. The zero-order chi connectivity index (χ0) is 10.2. The minimum absolute atomic E-state index is 0.0219. The van der Waals surface area contributed by atoms with Crippen LogP contribution in [0.5, 0.6) is 0 Å². The first-order valence-electron chi connectivity index (χ1n) is 3.95. The van der Waals surface area contributed by atoms with Crippen LogP contribution in [0.1, 0.15) is 34.6 Å². The highest BCUT2D eigenvalue weighted by molar-refractivity contribution is 5.91. The number of carbonyl (C=O) groups excluding carboxylic acids is 2. The summed E-state index contributed by atoms with van der Waals surface area (Å²) < 4.78 is 0. The fourth-order valence-corrected chi connectivity index (χ4v) is 0.748. The molecule has 0 aliphatic carbocycles. The maximum absolute atomic E-state index is 11.2. The number of ketones is 1. The van der Waals surface area contributed by atoms with E-state index >= 15 is 0 Å². The maximum Gasteiger partial charge on any atom is 0.224 e. The largest absolute Gasteiger partial charge is 0.369 e. The van der Waals surface area contributed by atoms with Crippen LogP contribution in [0.15, 0.2) is 0 Å². The Kier molecular flexibility index (Phi) is 2.68. The summed E-state index contributed by atoms with van der Waals surface area (Å²) in [6.45, 7) is 8.33. The monoisotopic (exact) mass is 171 g/mol. The normalized spacial score (nSPS) is 12.8. The van der Waals surface area contributed by atoms with E-state index in [-0.39, 0.29) is 5.78 Å². The Morgan fingerprint density at radius 3 is 1.42 bits per heavy atom. The third-order valence-electron chi connectivity index (χ3n) is 3.06. The number of Topliss-reactive ketones (excluding diaryl/α,β-unsaturated/α-hetero) is 1. The Morgan fingerprint density at radius 2 is 1.33 bits per heavy atom. The first kappa shape index (κ1) is 11.1. The highest BCUT2D eigenvalue weighted by Gasteiger charge is 2.45. The lowest BCUT2D eigenvalue weighted by molar-refractivity contribution is -0.142. The van der Waals surface area contributed by atoms with Crippen molar-refractivity contribution in [2.24, 2.45) is 16.6 Å². The van der Waals surface area contributed by atoms with Crippen LogP contribution in [0.3, 0.4) is 0 Å². The number of carbonyl (C=O) groups is 2. The molecule has 0 aliphatic heterocycles. The second-order valence-electron chi connectivity index (χ2n) is 4.17. The summed E-state index contributed by atoms with van der Waals surface area (Å²) in [4.78, 5) is 22.3. The zero-order valence-corrected chi connectivity index (χ0v) is 8.39. The van der Waals surface area contributed by atoms with E-state index in [9.17, 15) is 9.59 Å². The standard InChI is InChI=1S/C9H17NO2/c1-6(11)8(2,3)9(4,5)7(10)12/h1-5H3,(H2,10,12). The van der Waals surface area contributed by atoms with Crippen molar-refractivity contribution in [2.45, 2.75) is 34.6 Å². The summed E-state index contributed by atoms with van der Waals surface area (Å²) in [7, 11) is 0. The van der Waals surface area contributed by atoms with Crippen LogP contribution < -0.4 is 5.73 Å². The molecule has 0 aromatic heterocycles. The van der Waals surface area contributed by atoms with Crippen molar-refractivity contribution in [3.8, 4) is 0 Å². The fourth-order valence-electron chi connectivity index (χ4n) is 0.748. The van der Waals surface area contributed by atoms with Crippen LogP contribution in [0.2, 0.25) is 0 Å². The minimum Gasteiger partial charge on any atom is -0.369 e. The van der Waals surface area contributed by atoms with Crippen molar-refractivity contribution < 1.29 is 9.59 Å². The van der Waals surface area contributed by atoms with Crippen molar-refractivity contribution in [2.75, 3.05) is 0 Å². The quantitative estimate of drug-likeness (QED) is 0.691. The molecule has 0 saturated carbocycles. The minimum atomic E-state index is -0.793. The first-order chi connectivity index (χ1) is 5.14. The second-order valence-corrected chi connectivity index (χ2v) is 4.17. The number of hydrogen-bond donors (Lipinski definition) is 1. The Balaban J connectivity index is 5.01. The maximum atomic E-state index is 11.2. The van der Waals surface area contributed by atoms with E-state index in [2.05, 4.69) is 0 Å². The zero-order valence-electron chi connectivity index (χ0n) is 8.39. The molecule has 0 unspecified atom stereocenters. The molecule has 0 rings (SSSR count). The van der Waals surface area contributed by atoms with E-state index in [4.69, 9.17) is 5.73 Å². The molecular formula is C9H17NO2. The Hall–Kier alpha value is -0.860. The van der Waals surface area contributed by atoms with E-state index in [1.54, 1.807) is 27.7 Å². The lowest BCUT2D eigenvalue weighted by atomic mass is 9.65. The van der Waals surface area contributed by atoms with Gasteiger partial charge in [-0.25, -0.2) is 0 Å². The van der Waals surface area contributed by atoms with Gasteiger partial charge in [0.15, 0.2) is 0 Å². The first-order valence-corrected chi connectivity index (χ1v) is 3.95. The molecule has 0 radical (unpaired) electrons. The Labute approximate surface area is 73.3 Å². The molecule has 1 amide bonds. The van der Waals surface area contributed by atoms with Crippen molar-refractivity contribution >= 4 is 11.7 Å². The van der Waals surface area contributed by atoms with Gasteiger partial charge in [-0.2, -0.15) is 0 Å². The lowest BCUT2D eigenvalue weighted by Gasteiger charge is -2.36. The summed E-state index contributed by atoms with van der Waals surface area (Å²) in [5, 5.41) is 0. The second kappa shape index (κ2) is 2.88. The molecule has 0 heterocycles. The van der Waals surface area contributed by atoms with Gasteiger partial charge in [0.05, 0.1) is 5.41 Å². The smallest absolute Gasteiger partial charge is 0.224 e. The van der Waals surface area contributed by atoms with E-state index < -0.39 is 16.7 Å². The SMILES string of the molecule is CC(=O)C(C)(C)C(C)(C)C(N)=O. The highest BCUT2D eigenvalue weighted by atomic mass is 16.2. The van der Waals surface area contributed by atoms with Crippen LogP contribution in [0.4, 0.5) is 0 Å².